The third-order valence-electron chi connectivity index (χ3n) is 6.84. The van der Waals surface area contributed by atoms with Crippen LogP contribution in [0.4, 0.5) is 11.4 Å². The van der Waals surface area contributed by atoms with Crippen LogP contribution in [0.5, 0.6) is 0 Å². The van der Waals surface area contributed by atoms with Crippen LogP contribution in [-0.2, 0) is 4.79 Å². The van der Waals surface area contributed by atoms with Crippen LogP contribution in [0, 0.1) is 13.8 Å². The number of rotatable bonds is 7. The Morgan fingerprint density at radius 2 is 1.90 bits per heavy atom. The molecule has 4 aromatic rings. The molecule has 0 radical (unpaired) electrons. The summed E-state index contributed by atoms with van der Waals surface area (Å²) in [6, 6.07) is 19.7. The van der Waals surface area contributed by atoms with E-state index in [1.165, 1.54) is 0 Å². The normalized spacial score (nSPS) is 16.7. The van der Waals surface area contributed by atoms with Crippen LogP contribution < -0.4 is 15.5 Å². The van der Waals surface area contributed by atoms with E-state index >= 15 is 0 Å². The molecule has 1 aliphatic rings. The molecule has 3 heterocycles. The van der Waals surface area contributed by atoms with Gasteiger partial charge in [-0.1, -0.05) is 19.1 Å². The summed E-state index contributed by atoms with van der Waals surface area (Å²) in [4.78, 5) is 29.9. The van der Waals surface area contributed by atoms with Gasteiger partial charge in [-0.05, 0) is 91.8 Å². The Labute approximate surface area is 231 Å². The lowest BCUT2D eigenvalue weighted by atomic mass is 10.0. The first-order valence-corrected chi connectivity index (χ1v) is 13.0. The van der Waals surface area contributed by atoms with Gasteiger partial charge in [0, 0.05) is 29.6 Å². The molecule has 5 rings (SSSR count). The number of carbonyl (C=O) groups excluding carboxylic acids is 1. The number of nitrogens with one attached hydrogen (secondary N) is 2. The lowest BCUT2D eigenvalue weighted by Crippen LogP contribution is -2.29. The molecular formula is C30H28N4O4S. The Kier molecular flexibility index (Phi) is 7.17. The van der Waals surface area contributed by atoms with E-state index in [1.807, 2.05) is 74.2 Å². The molecule has 3 N–H and O–H groups in total. The Hall–Kier alpha value is -4.50. The molecule has 8 nitrogen and oxygen atoms in total. The smallest absolute Gasteiger partial charge is 0.335 e. The molecule has 1 fully saturated rings. The second-order valence-corrected chi connectivity index (χ2v) is 9.82. The maximum absolute atomic E-state index is 12.0. The van der Waals surface area contributed by atoms with Crippen LogP contribution in [0.15, 0.2) is 77.3 Å². The average Bonchev–Trinajstić information content (AvgIpc) is 3.54. The van der Waals surface area contributed by atoms with Gasteiger partial charge in [-0.15, -0.1) is 0 Å². The van der Waals surface area contributed by atoms with Gasteiger partial charge >= 0.3 is 5.97 Å². The van der Waals surface area contributed by atoms with Gasteiger partial charge in [0.25, 0.3) is 0 Å². The number of aromatic carboxylic acids is 1. The molecule has 0 saturated carbocycles. The molecule has 0 unspecified atom stereocenters. The molecule has 0 bridgehead atoms. The third kappa shape index (κ3) is 5.13. The van der Waals surface area contributed by atoms with Gasteiger partial charge in [0.2, 0.25) is 5.91 Å². The number of hydrogen-bond donors (Lipinski definition) is 3. The van der Waals surface area contributed by atoms with Gasteiger partial charge in [0.1, 0.15) is 17.6 Å². The van der Waals surface area contributed by atoms with Crippen molar-refractivity contribution in [2.45, 2.75) is 39.3 Å². The Balaban J connectivity index is 1.56. The SMILES string of the molecule is CCC(=O)Nc1ccc(N2C(=S)N[C@H](c3ccccn3)[C@@H]2c2ccc(-c3ccc(C(=O)O)cc3C)o2)cc1C. The van der Waals surface area contributed by atoms with Crippen molar-refractivity contribution in [3.05, 3.63) is 101 Å². The fourth-order valence-electron chi connectivity index (χ4n) is 4.83. The summed E-state index contributed by atoms with van der Waals surface area (Å²) >= 11 is 5.82. The van der Waals surface area contributed by atoms with Crippen LogP contribution in [0.2, 0.25) is 0 Å². The molecule has 1 amide bonds. The number of nitrogens with zero attached hydrogens (tertiary/aromatic N) is 2. The van der Waals surface area contributed by atoms with Crippen LogP contribution in [0.25, 0.3) is 11.3 Å². The molecular weight excluding hydrogens is 512 g/mol. The van der Waals surface area contributed by atoms with E-state index in [-0.39, 0.29) is 23.6 Å². The second-order valence-electron chi connectivity index (χ2n) is 9.43. The molecule has 2 aromatic heterocycles. The summed E-state index contributed by atoms with van der Waals surface area (Å²) in [5.74, 6) is 0.286. The minimum Gasteiger partial charge on any atom is -0.478 e. The van der Waals surface area contributed by atoms with Gasteiger partial charge in [0.15, 0.2) is 5.11 Å². The highest BCUT2D eigenvalue weighted by Gasteiger charge is 2.42. The van der Waals surface area contributed by atoms with Gasteiger partial charge in [0.05, 0.1) is 17.3 Å². The van der Waals surface area contributed by atoms with Gasteiger partial charge in [-0.3, -0.25) is 9.78 Å². The maximum Gasteiger partial charge on any atom is 0.335 e. The third-order valence-corrected chi connectivity index (χ3v) is 7.15. The summed E-state index contributed by atoms with van der Waals surface area (Å²) < 4.78 is 6.43. The standard InChI is InChI=1S/C30H28N4O4S/c1-4-26(35)32-22-11-9-20(16-18(22)3)34-28(27(33-30(34)39)23-7-5-6-14-31-23)25-13-12-24(38-25)21-10-8-19(29(36)37)15-17(21)2/h5-16,27-28H,4H2,1-3H3,(H,32,35)(H,33,39)(H,36,37)/t27-,28+/m1/s1. The fraction of sp³-hybridized carbons (Fsp3) is 0.200. The second kappa shape index (κ2) is 10.7. The lowest BCUT2D eigenvalue weighted by Gasteiger charge is -2.27. The van der Waals surface area contributed by atoms with Crippen molar-refractivity contribution in [2.75, 3.05) is 10.2 Å². The number of anilines is 2. The quantitative estimate of drug-likeness (QED) is 0.239. The largest absolute Gasteiger partial charge is 0.478 e. The highest BCUT2D eigenvalue weighted by Crippen LogP contribution is 2.43. The van der Waals surface area contributed by atoms with Crippen LogP contribution in [0.1, 0.15) is 58.4 Å². The van der Waals surface area contributed by atoms with Gasteiger partial charge < -0.3 is 25.1 Å². The minimum absolute atomic E-state index is 0.0490. The van der Waals surface area contributed by atoms with Crippen molar-refractivity contribution in [1.82, 2.24) is 10.3 Å². The van der Waals surface area contributed by atoms with Crippen LogP contribution >= 0.6 is 12.2 Å². The monoisotopic (exact) mass is 540 g/mol. The highest BCUT2D eigenvalue weighted by molar-refractivity contribution is 7.80. The van der Waals surface area contributed by atoms with Crippen molar-refractivity contribution < 1.29 is 19.1 Å². The molecule has 39 heavy (non-hydrogen) atoms. The Bertz CT molecular complexity index is 1570. The number of carbonyl (C=O) groups is 2. The number of pyridine rings is 1. The first kappa shape index (κ1) is 26.1. The van der Waals surface area contributed by atoms with E-state index in [2.05, 4.69) is 15.6 Å². The summed E-state index contributed by atoms with van der Waals surface area (Å²) in [6.45, 7) is 5.62. The number of carboxylic acid groups (broad SMARTS) is 1. The minimum atomic E-state index is -0.972. The summed E-state index contributed by atoms with van der Waals surface area (Å²) in [6.07, 6.45) is 2.14. The number of furan rings is 1. The van der Waals surface area contributed by atoms with Crippen LogP contribution in [0.3, 0.4) is 0 Å². The topological polar surface area (TPSA) is 108 Å². The first-order chi connectivity index (χ1) is 18.8. The summed E-state index contributed by atoms with van der Waals surface area (Å²) in [5.41, 5.74) is 5.16. The van der Waals surface area contributed by atoms with E-state index in [4.69, 9.17) is 16.6 Å². The Morgan fingerprint density at radius 3 is 2.56 bits per heavy atom. The molecule has 0 aliphatic carbocycles. The van der Waals surface area contributed by atoms with Crippen LogP contribution in [-0.4, -0.2) is 27.1 Å². The van der Waals surface area contributed by atoms with Crippen molar-refractivity contribution >= 4 is 40.6 Å². The lowest BCUT2D eigenvalue weighted by molar-refractivity contribution is -0.115. The number of benzene rings is 2. The molecule has 1 saturated heterocycles. The number of amides is 1. The highest BCUT2D eigenvalue weighted by atomic mass is 32.1. The zero-order chi connectivity index (χ0) is 27.7. The van der Waals surface area contributed by atoms with Gasteiger partial charge in [-0.25, -0.2) is 4.79 Å². The Morgan fingerprint density at radius 1 is 1.08 bits per heavy atom. The van der Waals surface area contributed by atoms with E-state index < -0.39 is 5.97 Å². The predicted octanol–water partition coefficient (Wildman–Crippen LogP) is 6.18. The number of hydrogen-bond acceptors (Lipinski definition) is 5. The average molecular weight is 541 g/mol. The fourth-order valence-corrected chi connectivity index (χ4v) is 5.17. The van der Waals surface area contributed by atoms with Crippen molar-refractivity contribution in [2.24, 2.45) is 0 Å². The number of aromatic nitrogens is 1. The van der Waals surface area contributed by atoms with Crippen molar-refractivity contribution in [3.8, 4) is 11.3 Å². The molecule has 9 heteroatoms. The number of aryl methyl sites for hydroxylation is 2. The van der Waals surface area contributed by atoms with E-state index in [0.717, 1.165) is 33.8 Å². The van der Waals surface area contributed by atoms with Crippen molar-refractivity contribution in [1.29, 1.82) is 0 Å². The zero-order valence-corrected chi connectivity index (χ0v) is 22.6. The zero-order valence-electron chi connectivity index (χ0n) is 21.8. The molecule has 2 aromatic carbocycles. The van der Waals surface area contributed by atoms with E-state index in [1.54, 1.807) is 24.4 Å². The summed E-state index contributed by atoms with van der Waals surface area (Å²) in [7, 11) is 0. The molecule has 198 valence electrons. The van der Waals surface area contributed by atoms with E-state index in [9.17, 15) is 14.7 Å². The molecule has 0 spiro atoms. The number of thiocarbonyl (C=S) groups is 1. The molecule has 2 atom stereocenters. The van der Waals surface area contributed by atoms with E-state index in [0.29, 0.717) is 23.1 Å². The first-order valence-electron chi connectivity index (χ1n) is 12.6. The summed E-state index contributed by atoms with van der Waals surface area (Å²) in [5, 5.41) is 16.2. The predicted molar refractivity (Wildman–Crippen MR) is 154 cm³/mol. The number of carboxylic acids is 1. The maximum atomic E-state index is 12.0. The van der Waals surface area contributed by atoms with Gasteiger partial charge in [-0.2, -0.15) is 0 Å². The molecule has 1 aliphatic heterocycles. The van der Waals surface area contributed by atoms with Crippen molar-refractivity contribution in [3.63, 3.8) is 0 Å².